The van der Waals surface area contributed by atoms with Gasteiger partial charge < -0.3 is 32.5 Å². The summed E-state index contributed by atoms with van der Waals surface area (Å²) in [5.41, 5.74) is 10.6. The van der Waals surface area contributed by atoms with Gasteiger partial charge in [-0.2, -0.15) is 12.6 Å². The molecule has 11 nitrogen and oxygen atoms in total. The van der Waals surface area contributed by atoms with Crippen LogP contribution in [-0.2, 0) is 24.0 Å². The van der Waals surface area contributed by atoms with E-state index >= 15 is 0 Å². The number of nitrogens with one attached hydrogen (secondary N) is 3. The van der Waals surface area contributed by atoms with Crippen molar-refractivity contribution in [3.63, 3.8) is 0 Å². The van der Waals surface area contributed by atoms with E-state index < -0.39 is 54.3 Å². The van der Waals surface area contributed by atoms with Gasteiger partial charge in [0.15, 0.2) is 0 Å². The number of amides is 4. The predicted molar refractivity (Wildman–Crippen MR) is 99.6 cm³/mol. The lowest BCUT2D eigenvalue weighted by Crippen LogP contribution is -2.57. The topological polar surface area (TPSA) is 194 Å². The van der Waals surface area contributed by atoms with Gasteiger partial charge in [0.2, 0.25) is 23.6 Å². The lowest BCUT2D eigenvalue weighted by molar-refractivity contribution is -0.138. The van der Waals surface area contributed by atoms with Crippen LogP contribution in [0.25, 0.3) is 0 Å². The highest BCUT2D eigenvalue weighted by Gasteiger charge is 2.30. The molecule has 0 saturated carbocycles. The summed E-state index contributed by atoms with van der Waals surface area (Å²) in [4.78, 5) is 58.1. The molecule has 3 unspecified atom stereocenters. The van der Waals surface area contributed by atoms with Gasteiger partial charge in [0, 0.05) is 12.2 Å². The zero-order chi connectivity index (χ0) is 21.1. The molecule has 12 heteroatoms. The molecule has 0 fully saturated rings. The summed E-state index contributed by atoms with van der Waals surface area (Å²) in [7, 11) is 0. The first kappa shape index (κ1) is 24.7. The minimum absolute atomic E-state index is 0.0805. The molecule has 0 radical (unpaired) electrons. The van der Waals surface area contributed by atoms with Crippen molar-refractivity contribution in [1.82, 2.24) is 16.0 Å². The number of carbonyl (C=O) groups is 5. The van der Waals surface area contributed by atoms with E-state index in [1.807, 2.05) is 0 Å². The van der Waals surface area contributed by atoms with E-state index in [2.05, 4.69) is 28.6 Å². The molecule has 0 aliphatic carbocycles. The van der Waals surface area contributed by atoms with Crippen molar-refractivity contribution in [2.45, 2.75) is 44.8 Å². The minimum atomic E-state index is -1.27. The van der Waals surface area contributed by atoms with Crippen molar-refractivity contribution in [3.8, 4) is 0 Å². The monoisotopic (exact) mass is 405 g/mol. The molecule has 0 rings (SSSR count). The second-order valence-electron chi connectivity index (χ2n) is 6.20. The summed E-state index contributed by atoms with van der Waals surface area (Å²) in [5, 5.41) is 15.7. The maximum Gasteiger partial charge on any atom is 0.322 e. The SMILES string of the molecule is CC(C)C(NC(=O)C(N)CS)C(=O)NC(CCC(N)=O)C(=O)NCC(=O)O. The molecule has 0 aliphatic rings. The average molecular weight is 405 g/mol. The van der Waals surface area contributed by atoms with E-state index in [-0.39, 0.29) is 24.5 Å². The summed E-state index contributed by atoms with van der Waals surface area (Å²) in [6.45, 7) is 2.71. The molecule has 8 N–H and O–H groups in total. The van der Waals surface area contributed by atoms with Gasteiger partial charge in [0.25, 0.3) is 0 Å². The molecule has 0 aliphatic heterocycles. The zero-order valence-electron chi connectivity index (χ0n) is 15.2. The number of carboxylic acid groups (broad SMARTS) is 1. The van der Waals surface area contributed by atoms with Crippen LogP contribution in [0.4, 0.5) is 0 Å². The first-order valence-corrected chi connectivity index (χ1v) is 8.87. The van der Waals surface area contributed by atoms with Gasteiger partial charge in [-0.3, -0.25) is 24.0 Å². The highest BCUT2D eigenvalue weighted by atomic mass is 32.1. The Kier molecular flexibility index (Phi) is 11.1. The van der Waals surface area contributed by atoms with Crippen LogP contribution in [0.1, 0.15) is 26.7 Å². The zero-order valence-corrected chi connectivity index (χ0v) is 16.1. The van der Waals surface area contributed by atoms with Crippen LogP contribution in [0.2, 0.25) is 0 Å². The van der Waals surface area contributed by atoms with E-state index in [1.165, 1.54) is 0 Å². The number of aliphatic carboxylic acids is 1. The molecule has 0 aromatic rings. The lowest BCUT2D eigenvalue weighted by Gasteiger charge is -2.26. The number of rotatable bonds is 12. The van der Waals surface area contributed by atoms with Crippen molar-refractivity contribution in [1.29, 1.82) is 0 Å². The number of primary amides is 1. The summed E-state index contributed by atoms with van der Waals surface area (Å²) in [6, 6.07) is -3.10. The van der Waals surface area contributed by atoms with Crippen LogP contribution in [0.5, 0.6) is 0 Å². The van der Waals surface area contributed by atoms with Crippen molar-refractivity contribution in [3.05, 3.63) is 0 Å². The molecule has 3 atom stereocenters. The Hall–Kier alpha value is -2.34. The van der Waals surface area contributed by atoms with E-state index in [0.29, 0.717) is 0 Å². The second kappa shape index (κ2) is 12.1. The normalized spacial score (nSPS) is 14.0. The van der Waals surface area contributed by atoms with Crippen LogP contribution < -0.4 is 27.4 Å². The Bertz CT molecular complexity index is 571. The third-order valence-corrected chi connectivity index (χ3v) is 3.90. The van der Waals surface area contributed by atoms with Crippen LogP contribution in [0, 0.1) is 5.92 Å². The largest absolute Gasteiger partial charge is 0.480 e. The minimum Gasteiger partial charge on any atom is -0.480 e. The van der Waals surface area contributed by atoms with Crippen LogP contribution >= 0.6 is 12.6 Å². The van der Waals surface area contributed by atoms with Crippen molar-refractivity contribution >= 4 is 42.2 Å². The van der Waals surface area contributed by atoms with Gasteiger partial charge in [0.05, 0.1) is 6.04 Å². The molecule has 0 spiro atoms. The quantitative estimate of drug-likeness (QED) is 0.172. The Morgan fingerprint density at radius 2 is 1.63 bits per heavy atom. The molecule has 154 valence electrons. The molecule has 0 aromatic carbocycles. The molecular formula is C15H27N5O6S. The van der Waals surface area contributed by atoms with Gasteiger partial charge >= 0.3 is 5.97 Å². The number of carboxylic acids is 1. The molecule has 0 heterocycles. The number of carbonyl (C=O) groups excluding carboxylic acids is 4. The van der Waals surface area contributed by atoms with Crippen molar-refractivity contribution in [2.75, 3.05) is 12.3 Å². The van der Waals surface area contributed by atoms with Gasteiger partial charge in [-0.15, -0.1) is 0 Å². The van der Waals surface area contributed by atoms with Gasteiger partial charge in [-0.1, -0.05) is 13.8 Å². The standard InChI is InChI=1S/C15H27N5O6S/c1-7(2)12(20-13(24)8(16)6-27)15(26)19-9(3-4-10(17)21)14(25)18-5-11(22)23/h7-9,12,27H,3-6,16H2,1-2H3,(H2,17,21)(H,18,25)(H,19,26)(H,20,24)(H,22,23). The molecule has 4 amide bonds. The van der Waals surface area contributed by atoms with Gasteiger partial charge in [-0.25, -0.2) is 0 Å². The molecule has 0 saturated heterocycles. The maximum absolute atomic E-state index is 12.5. The molecular weight excluding hydrogens is 378 g/mol. The number of hydrogen-bond donors (Lipinski definition) is 7. The Labute approximate surface area is 162 Å². The van der Waals surface area contributed by atoms with E-state index in [4.69, 9.17) is 16.6 Å². The first-order valence-electron chi connectivity index (χ1n) is 8.24. The van der Waals surface area contributed by atoms with Gasteiger partial charge in [0.1, 0.15) is 18.6 Å². The predicted octanol–water partition coefficient (Wildman–Crippen LogP) is -2.66. The third kappa shape index (κ3) is 9.80. The molecule has 0 aromatic heterocycles. The smallest absolute Gasteiger partial charge is 0.322 e. The summed E-state index contributed by atoms with van der Waals surface area (Å²) >= 11 is 3.92. The molecule has 0 bridgehead atoms. The Balaban J connectivity index is 5.17. The lowest BCUT2D eigenvalue weighted by atomic mass is 10.0. The van der Waals surface area contributed by atoms with Crippen LogP contribution in [0.15, 0.2) is 0 Å². The number of thiol groups is 1. The van der Waals surface area contributed by atoms with Crippen molar-refractivity contribution < 1.29 is 29.1 Å². The molecule has 27 heavy (non-hydrogen) atoms. The summed E-state index contributed by atoms with van der Waals surface area (Å²) < 4.78 is 0. The first-order chi connectivity index (χ1) is 12.5. The van der Waals surface area contributed by atoms with Crippen molar-refractivity contribution in [2.24, 2.45) is 17.4 Å². The highest BCUT2D eigenvalue weighted by molar-refractivity contribution is 7.80. The third-order valence-electron chi connectivity index (χ3n) is 3.51. The summed E-state index contributed by atoms with van der Waals surface area (Å²) in [5.74, 6) is -4.25. The fourth-order valence-corrected chi connectivity index (χ4v) is 2.15. The fraction of sp³-hybridized carbons (Fsp3) is 0.667. The highest BCUT2D eigenvalue weighted by Crippen LogP contribution is 2.05. The van der Waals surface area contributed by atoms with Gasteiger partial charge in [-0.05, 0) is 12.3 Å². The van der Waals surface area contributed by atoms with Crippen LogP contribution in [0.3, 0.4) is 0 Å². The van der Waals surface area contributed by atoms with E-state index in [9.17, 15) is 24.0 Å². The second-order valence-corrected chi connectivity index (χ2v) is 6.56. The number of hydrogen-bond acceptors (Lipinski definition) is 7. The average Bonchev–Trinajstić information content (AvgIpc) is 2.59. The van der Waals surface area contributed by atoms with Crippen LogP contribution in [-0.4, -0.2) is 65.1 Å². The summed E-state index contributed by atoms with van der Waals surface area (Å²) in [6.07, 6.45) is -0.323. The van der Waals surface area contributed by atoms with E-state index in [1.54, 1.807) is 13.8 Å². The Morgan fingerprint density at radius 1 is 1.04 bits per heavy atom. The fourth-order valence-electron chi connectivity index (χ4n) is 1.98. The number of nitrogens with two attached hydrogens (primary N) is 2. The van der Waals surface area contributed by atoms with E-state index in [0.717, 1.165) is 0 Å². The Morgan fingerprint density at radius 3 is 2.07 bits per heavy atom. The maximum atomic E-state index is 12.5.